The van der Waals surface area contributed by atoms with E-state index in [2.05, 4.69) is 266 Å². The molecule has 0 aliphatic carbocycles. The Balaban J connectivity index is 0.990. The maximum atomic E-state index is 7.08. The van der Waals surface area contributed by atoms with Crippen LogP contribution in [0.1, 0.15) is 0 Å². The Labute approximate surface area is 405 Å². The number of hydrogen-bond acceptors (Lipinski definition) is 2. The third kappa shape index (κ3) is 6.49. The lowest BCUT2D eigenvalue weighted by Crippen LogP contribution is -2.11. The van der Waals surface area contributed by atoms with Gasteiger partial charge in [0.25, 0.3) is 0 Å². The summed E-state index contributed by atoms with van der Waals surface area (Å²) in [6, 6.07) is 95.0. The van der Waals surface area contributed by atoms with Crippen LogP contribution in [-0.2, 0) is 0 Å². The van der Waals surface area contributed by atoms with Gasteiger partial charge in [0, 0.05) is 22.3 Å². The first kappa shape index (κ1) is 39.9. The molecule has 326 valence electrons. The predicted octanol–water partition coefficient (Wildman–Crippen LogP) is 19.5. The van der Waals surface area contributed by atoms with Crippen molar-refractivity contribution in [2.75, 3.05) is 4.90 Å². The molecule has 1 heterocycles. The summed E-state index contributed by atoms with van der Waals surface area (Å²) in [7, 11) is 0. The van der Waals surface area contributed by atoms with Crippen LogP contribution in [0.15, 0.2) is 265 Å². The molecule has 2 heteroatoms. The molecule has 14 aromatic rings. The molecule has 0 unspecified atom stereocenters. The molecule has 0 aliphatic heterocycles. The Morgan fingerprint density at radius 3 is 1.39 bits per heavy atom. The highest BCUT2D eigenvalue weighted by Gasteiger charge is 2.24. The lowest BCUT2D eigenvalue weighted by atomic mass is 9.91. The molecular formula is C68H43NO. The second-order valence-corrected chi connectivity index (χ2v) is 18.4. The second kappa shape index (κ2) is 16.2. The summed E-state index contributed by atoms with van der Waals surface area (Å²) >= 11 is 0. The van der Waals surface area contributed by atoms with E-state index in [-0.39, 0.29) is 0 Å². The van der Waals surface area contributed by atoms with Crippen molar-refractivity contribution >= 4 is 92.9 Å². The van der Waals surface area contributed by atoms with Gasteiger partial charge in [0.15, 0.2) is 0 Å². The van der Waals surface area contributed by atoms with E-state index in [0.717, 1.165) is 66.8 Å². The van der Waals surface area contributed by atoms with E-state index >= 15 is 0 Å². The fraction of sp³-hybridized carbons (Fsp3) is 0. The van der Waals surface area contributed by atoms with Crippen LogP contribution in [0.25, 0.3) is 120 Å². The lowest BCUT2D eigenvalue weighted by molar-refractivity contribution is 0.670. The van der Waals surface area contributed by atoms with Gasteiger partial charge in [0.2, 0.25) is 0 Å². The normalized spacial score (nSPS) is 11.7. The van der Waals surface area contributed by atoms with Crippen molar-refractivity contribution in [3.8, 4) is 44.5 Å². The number of fused-ring (bicyclic) bond motifs is 12. The Bertz CT molecular complexity index is 4320. The number of furan rings is 1. The molecule has 13 aromatic carbocycles. The van der Waals surface area contributed by atoms with Crippen LogP contribution in [-0.4, -0.2) is 0 Å². The van der Waals surface area contributed by atoms with Crippen LogP contribution in [0.2, 0.25) is 0 Å². The van der Waals surface area contributed by atoms with E-state index in [1.165, 1.54) is 70.6 Å². The van der Waals surface area contributed by atoms with Gasteiger partial charge in [-0.15, -0.1) is 0 Å². The summed E-state index contributed by atoms with van der Waals surface area (Å²) < 4.78 is 7.08. The fourth-order valence-electron chi connectivity index (χ4n) is 11.1. The first-order chi connectivity index (χ1) is 34.7. The monoisotopic (exact) mass is 889 g/mol. The molecule has 0 N–H and O–H groups in total. The smallest absolute Gasteiger partial charge is 0.145 e. The van der Waals surface area contributed by atoms with E-state index in [1.807, 2.05) is 0 Å². The summed E-state index contributed by atoms with van der Waals surface area (Å²) in [5, 5.41) is 14.6. The van der Waals surface area contributed by atoms with Crippen LogP contribution in [0.5, 0.6) is 0 Å². The van der Waals surface area contributed by atoms with Gasteiger partial charge >= 0.3 is 0 Å². The fourth-order valence-corrected chi connectivity index (χ4v) is 11.1. The highest BCUT2D eigenvalue weighted by atomic mass is 16.3. The summed E-state index contributed by atoms with van der Waals surface area (Å²) in [6.45, 7) is 0. The Hall–Kier alpha value is -9.24. The molecule has 0 bridgehead atoms. The van der Waals surface area contributed by atoms with Crippen molar-refractivity contribution < 1.29 is 4.42 Å². The third-order valence-corrected chi connectivity index (χ3v) is 14.4. The van der Waals surface area contributed by atoms with Crippen molar-refractivity contribution in [3.63, 3.8) is 0 Å². The zero-order valence-corrected chi connectivity index (χ0v) is 38.2. The highest BCUT2D eigenvalue weighted by molar-refractivity contribution is 6.26. The van der Waals surface area contributed by atoms with Gasteiger partial charge in [-0.25, -0.2) is 0 Å². The molecular weight excluding hydrogens is 847 g/mol. The van der Waals surface area contributed by atoms with Crippen LogP contribution in [0.4, 0.5) is 17.1 Å². The first-order valence-corrected chi connectivity index (χ1v) is 24.1. The zero-order valence-electron chi connectivity index (χ0n) is 38.2. The van der Waals surface area contributed by atoms with Gasteiger partial charge in [-0.1, -0.05) is 206 Å². The number of hydrogen-bond donors (Lipinski definition) is 0. The molecule has 70 heavy (non-hydrogen) atoms. The van der Waals surface area contributed by atoms with Gasteiger partial charge < -0.3 is 9.32 Å². The number of anilines is 3. The number of rotatable bonds is 7. The average molecular weight is 890 g/mol. The number of nitrogens with zero attached hydrogens (tertiary/aromatic N) is 1. The van der Waals surface area contributed by atoms with Gasteiger partial charge in [0.05, 0.1) is 11.1 Å². The SMILES string of the molecule is c1ccc(-c2ccc(-c3cccc(N(c4cccc(-c5ccc6c7ccccc7c7ccccc7c6c5)c4)c4ccc(-c5cc6ccccc6c6ccccc56)c5oc6ccccc6c45)c3)cc2)cc1. The Morgan fingerprint density at radius 2 is 0.714 bits per heavy atom. The Morgan fingerprint density at radius 1 is 0.257 bits per heavy atom. The minimum Gasteiger partial charge on any atom is -0.455 e. The van der Waals surface area contributed by atoms with Gasteiger partial charge in [0.1, 0.15) is 11.2 Å². The minimum absolute atomic E-state index is 0.855. The Kier molecular flexibility index (Phi) is 9.25. The van der Waals surface area contributed by atoms with Crippen LogP contribution >= 0.6 is 0 Å². The van der Waals surface area contributed by atoms with Gasteiger partial charge in [-0.05, 0) is 147 Å². The van der Waals surface area contributed by atoms with Crippen LogP contribution in [0.3, 0.4) is 0 Å². The van der Waals surface area contributed by atoms with E-state index in [0.29, 0.717) is 0 Å². The van der Waals surface area contributed by atoms with E-state index in [4.69, 9.17) is 4.42 Å². The maximum absolute atomic E-state index is 7.08. The van der Waals surface area contributed by atoms with Crippen molar-refractivity contribution in [2.45, 2.75) is 0 Å². The van der Waals surface area contributed by atoms with Crippen LogP contribution in [0, 0.1) is 0 Å². The lowest BCUT2D eigenvalue weighted by Gasteiger charge is -2.28. The van der Waals surface area contributed by atoms with Crippen molar-refractivity contribution in [3.05, 3.63) is 261 Å². The summed E-state index contributed by atoms with van der Waals surface area (Å²) in [4.78, 5) is 2.43. The summed E-state index contributed by atoms with van der Waals surface area (Å²) in [6.07, 6.45) is 0. The molecule has 0 atom stereocenters. The molecule has 2 nitrogen and oxygen atoms in total. The zero-order chi connectivity index (χ0) is 46.1. The second-order valence-electron chi connectivity index (χ2n) is 18.4. The molecule has 0 saturated carbocycles. The maximum Gasteiger partial charge on any atom is 0.145 e. The molecule has 0 amide bonds. The van der Waals surface area contributed by atoms with Crippen molar-refractivity contribution in [1.82, 2.24) is 0 Å². The van der Waals surface area contributed by atoms with E-state index in [1.54, 1.807) is 0 Å². The molecule has 0 spiro atoms. The number of benzene rings is 13. The minimum atomic E-state index is 0.855. The standard InChI is InChI=1S/C68H43NO/c1-2-16-44(17-3-1)45-32-34-46(35-33-45)47-19-14-21-51(40-47)69(52-22-15-20-48(41-52)49-36-37-60-57-27-8-7-25-55(57)56-26-9-11-29-59(56)63(60)42-49)65-39-38-61(68-67(65)62-30-12-13-31-66(62)70-68)64-43-50-18-4-5-23-53(50)54-24-6-10-28-58(54)64/h1-43H. The molecule has 0 fully saturated rings. The predicted molar refractivity (Wildman–Crippen MR) is 298 cm³/mol. The molecule has 0 radical (unpaired) electrons. The molecule has 14 rings (SSSR count). The highest BCUT2D eigenvalue weighted by Crippen LogP contribution is 2.49. The van der Waals surface area contributed by atoms with E-state index in [9.17, 15) is 0 Å². The van der Waals surface area contributed by atoms with Gasteiger partial charge in [-0.2, -0.15) is 0 Å². The summed E-state index contributed by atoms with van der Waals surface area (Å²) in [5.41, 5.74) is 14.1. The molecule has 0 saturated heterocycles. The largest absolute Gasteiger partial charge is 0.455 e. The van der Waals surface area contributed by atoms with Crippen molar-refractivity contribution in [2.24, 2.45) is 0 Å². The quantitative estimate of drug-likeness (QED) is 0.148. The first-order valence-electron chi connectivity index (χ1n) is 24.1. The average Bonchev–Trinajstić information content (AvgIpc) is 3.84. The van der Waals surface area contributed by atoms with E-state index < -0.39 is 0 Å². The topological polar surface area (TPSA) is 16.4 Å². The van der Waals surface area contributed by atoms with Crippen LogP contribution < -0.4 is 4.90 Å². The number of para-hydroxylation sites is 1. The third-order valence-electron chi connectivity index (χ3n) is 14.4. The summed E-state index contributed by atoms with van der Waals surface area (Å²) in [5.74, 6) is 0. The molecule has 1 aromatic heterocycles. The van der Waals surface area contributed by atoms with Gasteiger partial charge in [-0.3, -0.25) is 0 Å². The molecule has 0 aliphatic rings. The van der Waals surface area contributed by atoms with Crippen molar-refractivity contribution in [1.29, 1.82) is 0 Å².